The summed E-state index contributed by atoms with van der Waals surface area (Å²) in [6.45, 7) is 2.50. The van der Waals surface area contributed by atoms with Gasteiger partial charge in [-0.2, -0.15) is 0 Å². The van der Waals surface area contributed by atoms with Gasteiger partial charge < -0.3 is 14.7 Å². The number of likely N-dealkylation sites (tertiary alicyclic amines) is 1. The lowest BCUT2D eigenvalue weighted by Gasteiger charge is -2.24. The third kappa shape index (κ3) is 4.06. The van der Waals surface area contributed by atoms with Crippen LogP contribution in [0.4, 0.5) is 0 Å². The number of hydrogen-bond donors (Lipinski definition) is 1. The van der Waals surface area contributed by atoms with Gasteiger partial charge in [0.15, 0.2) is 0 Å². The van der Waals surface area contributed by atoms with Crippen LogP contribution in [-0.2, 0) is 16.1 Å². The van der Waals surface area contributed by atoms with Crippen molar-refractivity contribution in [3.63, 3.8) is 0 Å². The van der Waals surface area contributed by atoms with E-state index < -0.39 is 17.7 Å². The van der Waals surface area contributed by atoms with Crippen molar-refractivity contribution in [1.82, 2.24) is 9.88 Å². The van der Waals surface area contributed by atoms with E-state index in [-0.39, 0.29) is 28.5 Å². The molecule has 1 amide bonds. The van der Waals surface area contributed by atoms with Crippen LogP contribution in [0, 0.1) is 0 Å². The number of pyridine rings is 1. The second kappa shape index (κ2) is 8.91. The van der Waals surface area contributed by atoms with Crippen molar-refractivity contribution in [2.75, 3.05) is 6.61 Å². The average Bonchev–Trinajstić information content (AvgIpc) is 3.38. The SMILES string of the molecule is CCOc1ccc(Cl)c(/C(O)=C2\C(=O)C(=O)N(Cc3cccs3)C2c2ccccn2)c1. The Bertz CT molecular complexity index is 1150. The fourth-order valence-electron chi connectivity index (χ4n) is 3.55. The van der Waals surface area contributed by atoms with Crippen LogP contribution in [0.25, 0.3) is 5.76 Å². The minimum atomic E-state index is -0.838. The van der Waals surface area contributed by atoms with Crippen LogP contribution < -0.4 is 4.74 Å². The second-order valence-electron chi connectivity index (χ2n) is 6.84. The Balaban J connectivity index is 1.87. The molecule has 4 rings (SSSR count). The van der Waals surface area contributed by atoms with Gasteiger partial charge >= 0.3 is 0 Å². The lowest BCUT2D eigenvalue weighted by molar-refractivity contribution is -0.140. The van der Waals surface area contributed by atoms with Crippen molar-refractivity contribution >= 4 is 40.4 Å². The van der Waals surface area contributed by atoms with Crippen LogP contribution in [0.1, 0.15) is 29.1 Å². The summed E-state index contributed by atoms with van der Waals surface area (Å²) >= 11 is 7.81. The first kappa shape index (κ1) is 21.1. The molecule has 0 aliphatic carbocycles. The zero-order valence-corrected chi connectivity index (χ0v) is 18.2. The van der Waals surface area contributed by atoms with E-state index in [4.69, 9.17) is 16.3 Å². The Labute approximate surface area is 188 Å². The third-order valence-corrected chi connectivity index (χ3v) is 6.11. The summed E-state index contributed by atoms with van der Waals surface area (Å²) in [6, 6.07) is 13.0. The summed E-state index contributed by atoms with van der Waals surface area (Å²) in [6.07, 6.45) is 1.59. The highest BCUT2D eigenvalue weighted by Gasteiger charge is 2.47. The largest absolute Gasteiger partial charge is 0.507 e. The number of benzene rings is 1. The van der Waals surface area contributed by atoms with E-state index in [2.05, 4.69) is 4.98 Å². The molecule has 1 fully saturated rings. The van der Waals surface area contributed by atoms with Gasteiger partial charge in [-0.3, -0.25) is 14.6 Å². The second-order valence-corrected chi connectivity index (χ2v) is 8.28. The molecule has 8 heteroatoms. The number of aromatic nitrogens is 1. The summed E-state index contributed by atoms with van der Waals surface area (Å²) in [5.41, 5.74) is 0.662. The molecule has 1 aromatic carbocycles. The van der Waals surface area contributed by atoms with E-state index in [1.54, 1.807) is 42.6 Å². The molecular weight excluding hydrogens is 436 g/mol. The van der Waals surface area contributed by atoms with E-state index in [1.165, 1.54) is 16.2 Å². The predicted octanol–water partition coefficient (Wildman–Crippen LogP) is 4.82. The van der Waals surface area contributed by atoms with Gasteiger partial charge in [0.1, 0.15) is 17.6 Å². The van der Waals surface area contributed by atoms with Crippen LogP contribution >= 0.6 is 22.9 Å². The smallest absolute Gasteiger partial charge is 0.296 e. The summed E-state index contributed by atoms with van der Waals surface area (Å²) in [5.74, 6) is -1.32. The number of aliphatic hydroxyl groups excluding tert-OH is 1. The monoisotopic (exact) mass is 454 g/mol. The van der Waals surface area contributed by atoms with Crippen LogP contribution in [-0.4, -0.2) is 33.3 Å². The van der Waals surface area contributed by atoms with Crippen LogP contribution in [0.3, 0.4) is 0 Å². The van der Waals surface area contributed by atoms with Gasteiger partial charge in [-0.05, 0) is 48.7 Å². The molecule has 158 valence electrons. The van der Waals surface area contributed by atoms with Crippen molar-refractivity contribution < 1.29 is 19.4 Å². The van der Waals surface area contributed by atoms with Gasteiger partial charge in [0, 0.05) is 16.6 Å². The maximum absolute atomic E-state index is 13.1. The Morgan fingerprint density at radius 3 is 2.74 bits per heavy atom. The molecule has 1 aliphatic heterocycles. The summed E-state index contributed by atoms with van der Waals surface area (Å²) < 4.78 is 5.50. The number of ether oxygens (including phenoxy) is 1. The standard InChI is InChI=1S/C23H19ClN2O4S/c1-2-30-14-8-9-17(24)16(12-14)21(27)19-20(18-7-3-4-10-25-18)26(23(29)22(19)28)13-15-6-5-11-31-15/h3-12,20,27H,2,13H2,1H3/b21-19+. The van der Waals surface area contributed by atoms with Gasteiger partial charge in [-0.1, -0.05) is 23.7 Å². The van der Waals surface area contributed by atoms with E-state index in [9.17, 15) is 14.7 Å². The Hall–Kier alpha value is -3.16. The number of ketones is 1. The van der Waals surface area contributed by atoms with Crippen molar-refractivity contribution in [1.29, 1.82) is 0 Å². The lowest BCUT2D eigenvalue weighted by atomic mass is 9.98. The highest BCUT2D eigenvalue weighted by Crippen LogP contribution is 2.41. The molecule has 1 unspecified atom stereocenters. The van der Waals surface area contributed by atoms with E-state index in [0.717, 1.165) is 4.88 Å². The molecule has 0 radical (unpaired) electrons. The van der Waals surface area contributed by atoms with E-state index in [0.29, 0.717) is 18.1 Å². The van der Waals surface area contributed by atoms with Crippen molar-refractivity contribution in [3.8, 4) is 5.75 Å². The number of halogens is 1. The number of nitrogens with zero attached hydrogens (tertiary/aromatic N) is 2. The molecule has 1 saturated heterocycles. The molecule has 1 N–H and O–H groups in total. The number of aliphatic hydroxyl groups is 1. The number of carbonyl (C=O) groups is 2. The lowest BCUT2D eigenvalue weighted by Crippen LogP contribution is -2.29. The zero-order valence-electron chi connectivity index (χ0n) is 16.6. The molecule has 3 aromatic rings. The number of thiophene rings is 1. The molecule has 3 heterocycles. The minimum Gasteiger partial charge on any atom is -0.507 e. The van der Waals surface area contributed by atoms with Gasteiger partial charge in [-0.25, -0.2) is 0 Å². The number of rotatable bonds is 6. The van der Waals surface area contributed by atoms with Gasteiger partial charge in [0.05, 0.1) is 29.4 Å². The molecular formula is C23H19ClN2O4S. The first-order chi connectivity index (χ1) is 15.0. The Kier molecular flexibility index (Phi) is 6.06. The minimum absolute atomic E-state index is 0.0456. The summed E-state index contributed by atoms with van der Waals surface area (Å²) in [7, 11) is 0. The summed E-state index contributed by atoms with van der Waals surface area (Å²) in [5, 5.41) is 13.3. The number of hydrogen-bond acceptors (Lipinski definition) is 6. The molecule has 6 nitrogen and oxygen atoms in total. The molecule has 0 saturated carbocycles. The van der Waals surface area contributed by atoms with Crippen LogP contribution in [0.15, 0.2) is 65.7 Å². The maximum Gasteiger partial charge on any atom is 0.296 e. The van der Waals surface area contributed by atoms with Gasteiger partial charge in [0.2, 0.25) is 0 Å². The highest BCUT2D eigenvalue weighted by molar-refractivity contribution is 7.09. The maximum atomic E-state index is 13.1. The normalized spacial score (nSPS) is 17.9. The molecule has 0 spiro atoms. The molecule has 2 aromatic heterocycles. The molecule has 31 heavy (non-hydrogen) atoms. The quantitative estimate of drug-likeness (QED) is 0.328. The molecule has 1 atom stereocenters. The Morgan fingerprint density at radius 2 is 2.06 bits per heavy atom. The van der Waals surface area contributed by atoms with Gasteiger partial charge in [-0.15, -0.1) is 11.3 Å². The van der Waals surface area contributed by atoms with E-state index in [1.807, 2.05) is 24.4 Å². The molecule has 1 aliphatic rings. The van der Waals surface area contributed by atoms with Crippen molar-refractivity contribution in [2.24, 2.45) is 0 Å². The first-order valence-electron chi connectivity index (χ1n) is 9.65. The first-order valence-corrected chi connectivity index (χ1v) is 10.9. The number of amides is 1. The average molecular weight is 455 g/mol. The number of Topliss-reactive ketones (excluding diaryl/α,β-unsaturated/α-hetero) is 1. The highest BCUT2D eigenvalue weighted by atomic mass is 35.5. The molecule has 0 bridgehead atoms. The van der Waals surface area contributed by atoms with Crippen molar-refractivity contribution in [2.45, 2.75) is 19.5 Å². The topological polar surface area (TPSA) is 79.7 Å². The fraction of sp³-hybridized carbons (Fsp3) is 0.174. The van der Waals surface area contributed by atoms with Crippen LogP contribution in [0.5, 0.6) is 5.75 Å². The predicted molar refractivity (Wildman–Crippen MR) is 119 cm³/mol. The van der Waals surface area contributed by atoms with Gasteiger partial charge in [0.25, 0.3) is 11.7 Å². The number of carbonyl (C=O) groups excluding carboxylic acids is 2. The Morgan fingerprint density at radius 1 is 1.23 bits per heavy atom. The zero-order chi connectivity index (χ0) is 22.0. The van der Waals surface area contributed by atoms with E-state index >= 15 is 0 Å². The van der Waals surface area contributed by atoms with Crippen molar-refractivity contribution in [3.05, 3.63) is 86.8 Å². The third-order valence-electron chi connectivity index (χ3n) is 4.92. The fourth-order valence-corrected chi connectivity index (χ4v) is 4.46. The van der Waals surface area contributed by atoms with Crippen LogP contribution in [0.2, 0.25) is 5.02 Å². The summed E-state index contributed by atoms with van der Waals surface area (Å²) in [4.78, 5) is 32.7.